The number of benzene rings is 1. The monoisotopic (exact) mass is 577 g/mol. The van der Waals surface area contributed by atoms with Crippen molar-refractivity contribution in [3.8, 4) is 0 Å². The van der Waals surface area contributed by atoms with Gasteiger partial charge in [-0.1, -0.05) is 87.5 Å². The van der Waals surface area contributed by atoms with Gasteiger partial charge < -0.3 is 20.1 Å². The first-order chi connectivity index (χ1) is 20.3. The third-order valence-corrected chi connectivity index (χ3v) is 7.95. The molecule has 2 atom stereocenters. The second kappa shape index (κ2) is 19.1. The van der Waals surface area contributed by atoms with Crippen molar-refractivity contribution in [3.63, 3.8) is 0 Å². The quantitative estimate of drug-likeness (QED) is 0.156. The summed E-state index contributed by atoms with van der Waals surface area (Å²) in [4.78, 5) is 4.73. The predicted molar refractivity (Wildman–Crippen MR) is 180 cm³/mol. The highest BCUT2D eigenvalue weighted by Crippen LogP contribution is 2.41. The van der Waals surface area contributed by atoms with E-state index in [1.807, 2.05) is 63.3 Å². The lowest BCUT2D eigenvalue weighted by molar-refractivity contribution is 0.271. The van der Waals surface area contributed by atoms with Crippen molar-refractivity contribution in [1.82, 2.24) is 20.1 Å². The summed E-state index contributed by atoms with van der Waals surface area (Å²) >= 11 is 0. The molecule has 4 rings (SSSR count). The van der Waals surface area contributed by atoms with Gasteiger partial charge in [0.2, 0.25) is 0 Å². The van der Waals surface area contributed by atoms with Gasteiger partial charge in [0.15, 0.2) is 0 Å². The molecule has 1 aliphatic carbocycles. The minimum atomic E-state index is -0.0233. The van der Waals surface area contributed by atoms with E-state index >= 15 is 4.39 Å². The second-order valence-corrected chi connectivity index (χ2v) is 11.1. The van der Waals surface area contributed by atoms with Gasteiger partial charge in [-0.25, -0.2) is 4.39 Å². The molecule has 42 heavy (non-hydrogen) atoms. The van der Waals surface area contributed by atoms with E-state index in [1.165, 1.54) is 17.6 Å². The highest BCUT2D eigenvalue weighted by atomic mass is 19.1. The molecule has 232 valence electrons. The summed E-state index contributed by atoms with van der Waals surface area (Å²) in [6.45, 7) is 22.2. The van der Waals surface area contributed by atoms with Crippen LogP contribution >= 0.6 is 0 Å². The van der Waals surface area contributed by atoms with E-state index in [1.54, 1.807) is 12.2 Å². The molecule has 2 heterocycles. The molecule has 2 saturated heterocycles. The lowest BCUT2D eigenvalue weighted by Crippen LogP contribution is -2.38. The second-order valence-electron chi connectivity index (χ2n) is 11.1. The van der Waals surface area contributed by atoms with E-state index in [0.29, 0.717) is 0 Å². The lowest BCUT2D eigenvalue weighted by Gasteiger charge is -2.34. The summed E-state index contributed by atoms with van der Waals surface area (Å²) < 4.78 is 15.3. The van der Waals surface area contributed by atoms with Crippen LogP contribution in [-0.4, -0.2) is 74.0 Å². The molecular formula is C36H56FN5. The maximum Gasteiger partial charge on any atom is 0.148 e. The van der Waals surface area contributed by atoms with Crippen molar-refractivity contribution in [2.24, 2.45) is 16.9 Å². The molecule has 6 heteroatoms. The minimum absolute atomic E-state index is 0.0233. The van der Waals surface area contributed by atoms with Crippen LogP contribution in [0.5, 0.6) is 0 Å². The normalized spacial score (nSPS) is 21.4. The molecule has 0 spiro atoms. The van der Waals surface area contributed by atoms with Crippen LogP contribution in [0.4, 0.5) is 4.39 Å². The van der Waals surface area contributed by atoms with Crippen LogP contribution in [-0.2, 0) is 0 Å². The number of likely N-dealkylation sites (tertiary alicyclic amines) is 1. The SMILES string of the molecule is C=C/C=C\C(=N/N(C)C)N1CC(C2=C(F)C=C(CC)CC2)[C@H](C(=C)N2CCCCNCC2)C1.CC.Cc1ccccc1. The number of allylic oxidation sites excluding steroid dienone is 5. The Morgan fingerprint density at radius 3 is 2.40 bits per heavy atom. The number of halogens is 1. The van der Waals surface area contributed by atoms with Gasteiger partial charge in [0, 0.05) is 64.4 Å². The average molecular weight is 578 g/mol. The van der Waals surface area contributed by atoms with Crippen LogP contribution in [0.1, 0.15) is 58.4 Å². The molecule has 0 radical (unpaired) electrons. The van der Waals surface area contributed by atoms with Gasteiger partial charge >= 0.3 is 0 Å². The highest BCUT2D eigenvalue weighted by Gasteiger charge is 2.40. The first-order valence-electron chi connectivity index (χ1n) is 15.9. The zero-order chi connectivity index (χ0) is 30.9. The standard InChI is InChI=1S/C27H42FN5.C7H8.C2H6/c1-6-8-11-27(30-31(4)5)33-19-24(21(3)32-16-10-9-14-29-15-17-32)25(20-33)23-13-12-22(7-2)18-26(23)28;1-7-5-3-2-4-6-7;1-2/h6,8,11,18,24-25,29H,1,3,7,9-10,12-17,19-20H2,2,4-5H3;2-6H,1H3;1-2H3/b11-8-,30-27+;;/t24-,25?;;/m0../s1. The summed E-state index contributed by atoms with van der Waals surface area (Å²) in [5.41, 5.74) is 4.64. The van der Waals surface area contributed by atoms with Gasteiger partial charge in [-0.3, -0.25) is 0 Å². The summed E-state index contributed by atoms with van der Waals surface area (Å²) in [7, 11) is 3.86. The average Bonchev–Trinajstić information content (AvgIpc) is 3.41. The van der Waals surface area contributed by atoms with Crippen LogP contribution in [0.2, 0.25) is 0 Å². The molecule has 5 nitrogen and oxygen atoms in total. The molecule has 1 N–H and O–H groups in total. The topological polar surface area (TPSA) is 34.1 Å². The largest absolute Gasteiger partial charge is 0.374 e. The molecule has 3 aliphatic rings. The van der Waals surface area contributed by atoms with Crippen LogP contribution < -0.4 is 5.32 Å². The minimum Gasteiger partial charge on any atom is -0.374 e. The molecule has 1 unspecified atom stereocenters. The van der Waals surface area contributed by atoms with Crippen molar-refractivity contribution in [2.75, 3.05) is 53.4 Å². The zero-order valence-corrected chi connectivity index (χ0v) is 27.2. The number of hydrazone groups is 1. The number of hydrogen-bond donors (Lipinski definition) is 1. The van der Waals surface area contributed by atoms with Gasteiger partial charge in [-0.15, -0.1) is 0 Å². The fourth-order valence-electron chi connectivity index (χ4n) is 5.70. The Labute approximate surface area is 256 Å². The van der Waals surface area contributed by atoms with Crippen molar-refractivity contribution in [1.29, 1.82) is 0 Å². The van der Waals surface area contributed by atoms with Gasteiger partial charge in [-0.05, 0) is 63.3 Å². The lowest BCUT2D eigenvalue weighted by atomic mass is 9.80. The fraction of sp³-hybridized carbons (Fsp3) is 0.528. The number of rotatable bonds is 7. The number of hydrogen-bond acceptors (Lipinski definition) is 4. The number of amidine groups is 1. The van der Waals surface area contributed by atoms with E-state index in [2.05, 4.69) is 54.3 Å². The smallest absolute Gasteiger partial charge is 0.148 e. The Balaban J connectivity index is 0.000000590. The van der Waals surface area contributed by atoms with Gasteiger partial charge in [0.05, 0.1) is 0 Å². The van der Waals surface area contributed by atoms with E-state index < -0.39 is 0 Å². The maximum atomic E-state index is 15.3. The van der Waals surface area contributed by atoms with Crippen LogP contribution in [0.25, 0.3) is 0 Å². The molecule has 0 amide bonds. The Kier molecular flexibility index (Phi) is 16.0. The van der Waals surface area contributed by atoms with Crippen LogP contribution in [0, 0.1) is 18.8 Å². The van der Waals surface area contributed by atoms with Crippen molar-refractivity contribution in [2.45, 2.75) is 59.8 Å². The maximum absolute atomic E-state index is 15.3. The third kappa shape index (κ3) is 10.9. The number of nitrogens with zero attached hydrogens (tertiary/aromatic N) is 4. The zero-order valence-electron chi connectivity index (χ0n) is 27.2. The summed E-state index contributed by atoms with van der Waals surface area (Å²) in [6.07, 6.45) is 12.5. The predicted octanol–water partition coefficient (Wildman–Crippen LogP) is 7.73. The van der Waals surface area contributed by atoms with Crippen LogP contribution in [0.3, 0.4) is 0 Å². The number of aryl methyl sites for hydroxylation is 1. The molecule has 0 bridgehead atoms. The molecular weight excluding hydrogens is 521 g/mol. The molecule has 0 aromatic heterocycles. The van der Waals surface area contributed by atoms with Gasteiger partial charge in [0.25, 0.3) is 0 Å². The van der Waals surface area contributed by atoms with E-state index in [0.717, 1.165) is 82.1 Å². The van der Waals surface area contributed by atoms with E-state index in [9.17, 15) is 0 Å². The highest BCUT2D eigenvalue weighted by molar-refractivity contribution is 5.93. The van der Waals surface area contributed by atoms with Crippen LogP contribution in [0.15, 0.2) is 95.6 Å². The van der Waals surface area contributed by atoms with E-state index in [-0.39, 0.29) is 17.7 Å². The molecule has 2 fully saturated rings. The van der Waals surface area contributed by atoms with Gasteiger partial charge in [-0.2, -0.15) is 5.10 Å². The van der Waals surface area contributed by atoms with Crippen molar-refractivity contribution >= 4 is 5.84 Å². The first-order valence-corrected chi connectivity index (χ1v) is 15.9. The fourth-order valence-corrected chi connectivity index (χ4v) is 5.70. The van der Waals surface area contributed by atoms with Gasteiger partial charge in [0.1, 0.15) is 11.7 Å². The summed E-state index contributed by atoms with van der Waals surface area (Å²) in [5, 5.41) is 10.1. The molecule has 2 aliphatic heterocycles. The van der Waals surface area contributed by atoms with Crippen molar-refractivity contribution < 1.29 is 4.39 Å². The Morgan fingerprint density at radius 2 is 1.81 bits per heavy atom. The van der Waals surface area contributed by atoms with E-state index in [4.69, 9.17) is 5.10 Å². The Hall–Kier alpha value is -3.12. The summed E-state index contributed by atoms with van der Waals surface area (Å²) in [5.74, 6) is 1.14. The third-order valence-electron chi connectivity index (χ3n) is 7.95. The number of nitrogens with one attached hydrogen (secondary N) is 1. The summed E-state index contributed by atoms with van der Waals surface area (Å²) in [6, 6.07) is 10.3. The first kappa shape index (κ1) is 35.1. The molecule has 1 aromatic carbocycles. The molecule has 0 saturated carbocycles. The molecule has 1 aromatic rings. The van der Waals surface area contributed by atoms with Crippen molar-refractivity contribution in [3.05, 3.63) is 96.0 Å². The Morgan fingerprint density at radius 1 is 1.07 bits per heavy atom. The Bertz CT molecular complexity index is 1080.